The summed E-state index contributed by atoms with van der Waals surface area (Å²) in [5.74, 6) is 2.05. The topological polar surface area (TPSA) is 17.1 Å². The average Bonchev–Trinajstić information content (AvgIpc) is 2.26. The van der Waals surface area contributed by atoms with E-state index in [1.165, 1.54) is 32.1 Å². The zero-order valence-electron chi connectivity index (χ0n) is 10.6. The lowest BCUT2D eigenvalue weighted by molar-refractivity contribution is -0.127. The molecule has 1 aliphatic carbocycles. The largest absolute Gasteiger partial charge is 0.299 e. The highest BCUT2D eigenvalue weighted by Gasteiger charge is 2.26. The molecule has 0 aromatic rings. The Morgan fingerprint density at radius 1 is 1.20 bits per heavy atom. The molecule has 0 saturated heterocycles. The maximum absolute atomic E-state index is 11.8. The fourth-order valence-electron chi connectivity index (χ4n) is 2.70. The van der Waals surface area contributed by atoms with E-state index < -0.39 is 0 Å². The van der Waals surface area contributed by atoms with Gasteiger partial charge in [-0.1, -0.05) is 40.0 Å². The molecule has 0 amide bonds. The van der Waals surface area contributed by atoms with Gasteiger partial charge < -0.3 is 0 Å². The molecule has 15 heavy (non-hydrogen) atoms. The van der Waals surface area contributed by atoms with Crippen molar-refractivity contribution >= 4 is 5.78 Å². The standard InChI is InChI=1S/C14H26O/c1-4-5-6-12-7-9-13(10-8-12)14(15)11(2)3/h11-13H,4-10H2,1-3H3. The minimum Gasteiger partial charge on any atom is -0.299 e. The second kappa shape index (κ2) is 6.30. The van der Waals surface area contributed by atoms with Crippen LogP contribution < -0.4 is 0 Å². The number of unbranched alkanes of at least 4 members (excludes halogenated alkanes) is 1. The van der Waals surface area contributed by atoms with Crippen molar-refractivity contribution in [3.8, 4) is 0 Å². The number of ketones is 1. The first-order valence-corrected chi connectivity index (χ1v) is 6.68. The van der Waals surface area contributed by atoms with E-state index >= 15 is 0 Å². The highest BCUT2D eigenvalue weighted by Crippen LogP contribution is 2.33. The van der Waals surface area contributed by atoms with Gasteiger partial charge in [0.1, 0.15) is 5.78 Å². The van der Waals surface area contributed by atoms with E-state index in [9.17, 15) is 4.79 Å². The molecule has 0 atom stereocenters. The van der Waals surface area contributed by atoms with Crippen LogP contribution in [0.4, 0.5) is 0 Å². The minimum absolute atomic E-state index is 0.238. The van der Waals surface area contributed by atoms with Crippen LogP contribution in [-0.4, -0.2) is 5.78 Å². The van der Waals surface area contributed by atoms with E-state index in [0.717, 1.165) is 18.8 Å². The predicted molar refractivity (Wildman–Crippen MR) is 64.8 cm³/mol. The number of carbonyl (C=O) groups is 1. The van der Waals surface area contributed by atoms with Gasteiger partial charge in [-0.05, 0) is 31.6 Å². The number of Topliss-reactive ketones (excluding diaryl/α,β-unsaturated/α-hetero) is 1. The number of hydrogen-bond donors (Lipinski definition) is 0. The summed E-state index contributed by atoms with van der Waals surface area (Å²) in [6.45, 7) is 6.32. The summed E-state index contributed by atoms with van der Waals surface area (Å²) in [6.07, 6.45) is 8.97. The van der Waals surface area contributed by atoms with Crippen LogP contribution in [0.3, 0.4) is 0 Å². The molecule has 0 N–H and O–H groups in total. The van der Waals surface area contributed by atoms with E-state index in [1.54, 1.807) is 0 Å². The van der Waals surface area contributed by atoms with E-state index in [1.807, 2.05) is 13.8 Å². The molecule has 1 fully saturated rings. The third-order valence-corrected chi connectivity index (χ3v) is 3.78. The molecule has 0 radical (unpaired) electrons. The van der Waals surface area contributed by atoms with Crippen LogP contribution in [0.1, 0.15) is 65.7 Å². The molecule has 0 heterocycles. The number of rotatable bonds is 5. The van der Waals surface area contributed by atoms with Crippen molar-refractivity contribution < 1.29 is 4.79 Å². The van der Waals surface area contributed by atoms with Crippen LogP contribution in [0.25, 0.3) is 0 Å². The third-order valence-electron chi connectivity index (χ3n) is 3.78. The molecular weight excluding hydrogens is 184 g/mol. The summed E-state index contributed by atoms with van der Waals surface area (Å²) in [5.41, 5.74) is 0. The minimum atomic E-state index is 0.238. The first-order chi connectivity index (χ1) is 7.15. The molecule has 0 spiro atoms. The van der Waals surface area contributed by atoms with E-state index in [2.05, 4.69) is 6.92 Å². The fraction of sp³-hybridized carbons (Fsp3) is 0.929. The Kier molecular flexibility index (Phi) is 5.35. The lowest BCUT2D eigenvalue weighted by Crippen LogP contribution is -2.25. The van der Waals surface area contributed by atoms with Gasteiger partial charge >= 0.3 is 0 Å². The highest BCUT2D eigenvalue weighted by molar-refractivity contribution is 5.82. The third kappa shape index (κ3) is 3.96. The molecule has 1 nitrogen and oxygen atoms in total. The maximum atomic E-state index is 11.8. The van der Waals surface area contributed by atoms with Crippen LogP contribution >= 0.6 is 0 Å². The van der Waals surface area contributed by atoms with E-state index in [0.29, 0.717) is 11.7 Å². The summed E-state index contributed by atoms with van der Waals surface area (Å²) >= 11 is 0. The van der Waals surface area contributed by atoms with Crippen LogP contribution in [0.5, 0.6) is 0 Å². The van der Waals surface area contributed by atoms with Crippen molar-refractivity contribution in [1.82, 2.24) is 0 Å². The Balaban J connectivity index is 2.26. The molecule has 1 rings (SSSR count). The van der Waals surface area contributed by atoms with Crippen LogP contribution in [0.2, 0.25) is 0 Å². The van der Waals surface area contributed by atoms with Crippen molar-refractivity contribution in [2.45, 2.75) is 65.7 Å². The van der Waals surface area contributed by atoms with E-state index in [-0.39, 0.29) is 5.92 Å². The maximum Gasteiger partial charge on any atom is 0.138 e. The summed E-state index contributed by atoms with van der Waals surface area (Å²) in [4.78, 5) is 11.8. The zero-order valence-corrected chi connectivity index (χ0v) is 10.6. The zero-order chi connectivity index (χ0) is 11.3. The quantitative estimate of drug-likeness (QED) is 0.664. The van der Waals surface area contributed by atoms with Crippen molar-refractivity contribution in [3.63, 3.8) is 0 Å². The van der Waals surface area contributed by atoms with Crippen molar-refractivity contribution in [2.75, 3.05) is 0 Å². The summed E-state index contributed by atoms with van der Waals surface area (Å²) < 4.78 is 0. The number of carbonyl (C=O) groups excluding carboxylic acids is 1. The Hall–Kier alpha value is -0.330. The van der Waals surface area contributed by atoms with Gasteiger partial charge in [0.15, 0.2) is 0 Å². The molecule has 0 aliphatic heterocycles. The Labute approximate surface area is 94.6 Å². The summed E-state index contributed by atoms with van der Waals surface area (Å²) in [5, 5.41) is 0. The predicted octanol–water partition coefficient (Wildman–Crippen LogP) is 4.21. The van der Waals surface area contributed by atoms with Crippen molar-refractivity contribution in [2.24, 2.45) is 17.8 Å². The smallest absolute Gasteiger partial charge is 0.138 e. The fourth-order valence-corrected chi connectivity index (χ4v) is 2.70. The first kappa shape index (κ1) is 12.7. The van der Waals surface area contributed by atoms with Gasteiger partial charge in [-0.2, -0.15) is 0 Å². The lowest BCUT2D eigenvalue weighted by Gasteiger charge is -2.28. The molecule has 1 heteroatoms. The number of hydrogen-bond acceptors (Lipinski definition) is 1. The monoisotopic (exact) mass is 210 g/mol. The molecular formula is C14H26O. The Bertz CT molecular complexity index is 188. The molecule has 1 saturated carbocycles. The van der Waals surface area contributed by atoms with Gasteiger partial charge in [0.25, 0.3) is 0 Å². The van der Waals surface area contributed by atoms with Gasteiger partial charge in [0.2, 0.25) is 0 Å². The van der Waals surface area contributed by atoms with Gasteiger partial charge in [0.05, 0.1) is 0 Å². The molecule has 1 aliphatic rings. The summed E-state index contributed by atoms with van der Waals surface area (Å²) in [7, 11) is 0. The molecule has 88 valence electrons. The summed E-state index contributed by atoms with van der Waals surface area (Å²) in [6, 6.07) is 0. The van der Waals surface area contributed by atoms with Gasteiger partial charge in [-0.15, -0.1) is 0 Å². The normalized spacial score (nSPS) is 26.9. The molecule has 0 bridgehead atoms. The van der Waals surface area contributed by atoms with E-state index in [4.69, 9.17) is 0 Å². The lowest BCUT2D eigenvalue weighted by atomic mass is 9.76. The Morgan fingerprint density at radius 2 is 1.80 bits per heavy atom. The van der Waals surface area contributed by atoms with Crippen LogP contribution in [0, 0.1) is 17.8 Å². The highest BCUT2D eigenvalue weighted by atomic mass is 16.1. The van der Waals surface area contributed by atoms with Crippen molar-refractivity contribution in [1.29, 1.82) is 0 Å². The Morgan fingerprint density at radius 3 is 2.27 bits per heavy atom. The molecule has 0 aromatic heterocycles. The van der Waals surface area contributed by atoms with Crippen LogP contribution in [-0.2, 0) is 4.79 Å². The first-order valence-electron chi connectivity index (χ1n) is 6.68. The van der Waals surface area contributed by atoms with Gasteiger partial charge in [0, 0.05) is 11.8 Å². The van der Waals surface area contributed by atoms with Crippen LogP contribution in [0.15, 0.2) is 0 Å². The molecule has 0 aromatic carbocycles. The van der Waals surface area contributed by atoms with Gasteiger partial charge in [-0.25, -0.2) is 0 Å². The average molecular weight is 210 g/mol. The molecule has 0 unspecified atom stereocenters. The van der Waals surface area contributed by atoms with Crippen molar-refractivity contribution in [3.05, 3.63) is 0 Å². The second-order valence-electron chi connectivity index (χ2n) is 5.42. The SMILES string of the molecule is CCCCC1CCC(C(=O)C(C)C)CC1. The van der Waals surface area contributed by atoms with Gasteiger partial charge in [-0.3, -0.25) is 4.79 Å². The second-order valence-corrected chi connectivity index (χ2v) is 5.42.